The van der Waals surface area contributed by atoms with Crippen LogP contribution in [-0.4, -0.2) is 50.6 Å². The molecule has 1 aromatic rings. The fourth-order valence-corrected chi connectivity index (χ4v) is 2.87. The number of nitrogens with zero attached hydrogens (tertiary/aromatic N) is 2. The molecule has 1 aliphatic heterocycles. The maximum Gasteiger partial charge on any atom is 0.190 e. The van der Waals surface area contributed by atoms with Crippen molar-refractivity contribution in [1.82, 2.24) is 15.5 Å². The van der Waals surface area contributed by atoms with Crippen molar-refractivity contribution < 1.29 is 4.39 Å². The van der Waals surface area contributed by atoms with Crippen LogP contribution >= 0.6 is 24.0 Å². The van der Waals surface area contributed by atoms with Gasteiger partial charge in [-0.1, -0.05) is 12.1 Å². The molecule has 0 bridgehead atoms. The molecule has 4 nitrogen and oxygen atoms in total. The Kier molecular flexibility index (Phi) is 11.0. The molecule has 1 heterocycles. The molecule has 0 atom stereocenters. The zero-order chi connectivity index (χ0) is 16.3. The van der Waals surface area contributed by atoms with Gasteiger partial charge in [0.25, 0.3) is 0 Å². The Labute approximate surface area is 162 Å². The lowest BCUT2D eigenvalue weighted by atomic mass is 10.1. The maximum atomic E-state index is 12.8. The van der Waals surface area contributed by atoms with Crippen LogP contribution in [-0.2, 0) is 6.42 Å². The van der Waals surface area contributed by atoms with Gasteiger partial charge in [0.2, 0.25) is 0 Å². The largest absolute Gasteiger partial charge is 0.356 e. The number of rotatable bonds is 8. The van der Waals surface area contributed by atoms with Gasteiger partial charge >= 0.3 is 0 Å². The first-order valence-electron chi connectivity index (χ1n) is 8.69. The Hall–Kier alpha value is -0.890. The van der Waals surface area contributed by atoms with Crippen molar-refractivity contribution in [3.05, 3.63) is 35.6 Å². The van der Waals surface area contributed by atoms with E-state index >= 15 is 0 Å². The van der Waals surface area contributed by atoms with Crippen molar-refractivity contribution in [2.75, 3.05) is 39.8 Å². The third-order valence-corrected chi connectivity index (χ3v) is 4.24. The number of hydrogen-bond acceptors (Lipinski definition) is 2. The molecule has 6 heteroatoms. The molecule has 0 aromatic heterocycles. The van der Waals surface area contributed by atoms with E-state index in [9.17, 15) is 4.39 Å². The molecule has 0 amide bonds. The normalized spacial score (nSPS) is 15.2. The number of likely N-dealkylation sites (tertiary alicyclic amines) is 1. The topological polar surface area (TPSA) is 39.7 Å². The first-order valence-corrected chi connectivity index (χ1v) is 8.69. The second-order valence-electron chi connectivity index (χ2n) is 6.06. The average Bonchev–Trinajstić information content (AvgIpc) is 3.08. The summed E-state index contributed by atoms with van der Waals surface area (Å²) >= 11 is 0. The highest BCUT2D eigenvalue weighted by molar-refractivity contribution is 14.0. The van der Waals surface area contributed by atoms with E-state index in [-0.39, 0.29) is 29.8 Å². The minimum Gasteiger partial charge on any atom is -0.356 e. The highest BCUT2D eigenvalue weighted by Crippen LogP contribution is 2.07. The molecule has 1 saturated heterocycles. The number of benzene rings is 1. The number of halogens is 2. The number of hydrogen-bond donors (Lipinski definition) is 2. The molecule has 2 rings (SSSR count). The van der Waals surface area contributed by atoms with Crippen LogP contribution in [0.5, 0.6) is 0 Å². The van der Waals surface area contributed by atoms with E-state index in [0.717, 1.165) is 37.5 Å². The highest BCUT2D eigenvalue weighted by Gasteiger charge is 2.09. The Bertz CT molecular complexity index is 472. The van der Waals surface area contributed by atoms with Crippen molar-refractivity contribution >= 4 is 29.9 Å². The quantitative estimate of drug-likeness (QED) is 0.278. The molecule has 136 valence electrons. The average molecular weight is 448 g/mol. The molecule has 1 aromatic carbocycles. The Morgan fingerprint density at radius 2 is 1.75 bits per heavy atom. The van der Waals surface area contributed by atoms with Crippen LogP contribution in [0.3, 0.4) is 0 Å². The van der Waals surface area contributed by atoms with Crippen molar-refractivity contribution in [2.45, 2.75) is 32.1 Å². The zero-order valence-electron chi connectivity index (χ0n) is 14.6. The highest BCUT2D eigenvalue weighted by atomic mass is 127. The zero-order valence-corrected chi connectivity index (χ0v) is 16.9. The molecular formula is C18H30FIN4. The number of unbranched alkanes of at least 4 members (excludes halogenated alkanes) is 1. The molecule has 24 heavy (non-hydrogen) atoms. The predicted molar refractivity (Wildman–Crippen MR) is 110 cm³/mol. The predicted octanol–water partition coefficient (Wildman–Crippen LogP) is 3.03. The standard InChI is InChI=1S/C18H29FN4.HI/c1-20-18(21-11-2-3-13-23-14-4-5-15-23)22-12-10-16-6-8-17(19)9-7-16;/h6-9H,2-5,10-15H2,1H3,(H2,20,21,22);1H. The summed E-state index contributed by atoms with van der Waals surface area (Å²) in [6.07, 6.45) is 5.98. The van der Waals surface area contributed by atoms with Crippen LogP contribution in [0.15, 0.2) is 29.3 Å². The van der Waals surface area contributed by atoms with E-state index in [4.69, 9.17) is 0 Å². The van der Waals surface area contributed by atoms with Crippen LogP contribution in [0.1, 0.15) is 31.2 Å². The minimum atomic E-state index is -0.187. The minimum absolute atomic E-state index is 0. The van der Waals surface area contributed by atoms with Crippen molar-refractivity contribution in [3.63, 3.8) is 0 Å². The molecule has 0 radical (unpaired) electrons. The van der Waals surface area contributed by atoms with Gasteiger partial charge in [-0.05, 0) is 69.4 Å². The molecule has 2 N–H and O–H groups in total. The van der Waals surface area contributed by atoms with Crippen molar-refractivity contribution in [2.24, 2.45) is 4.99 Å². The van der Waals surface area contributed by atoms with E-state index in [2.05, 4.69) is 20.5 Å². The third-order valence-electron chi connectivity index (χ3n) is 4.24. The summed E-state index contributed by atoms with van der Waals surface area (Å²) in [4.78, 5) is 6.78. The SMILES string of the molecule is CN=C(NCCCCN1CCCC1)NCCc1ccc(F)cc1.I. The Morgan fingerprint density at radius 3 is 2.42 bits per heavy atom. The van der Waals surface area contributed by atoms with Crippen LogP contribution < -0.4 is 10.6 Å². The van der Waals surface area contributed by atoms with Gasteiger partial charge in [-0.2, -0.15) is 0 Å². The lowest BCUT2D eigenvalue weighted by Gasteiger charge is -2.15. The van der Waals surface area contributed by atoms with Gasteiger partial charge in [0.05, 0.1) is 0 Å². The van der Waals surface area contributed by atoms with E-state index in [1.165, 1.54) is 51.0 Å². The maximum absolute atomic E-state index is 12.8. The summed E-state index contributed by atoms with van der Waals surface area (Å²) in [5, 5.41) is 6.65. The van der Waals surface area contributed by atoms with Gasteiger partial charge in [-0.3, -0.25) is 4.99 Å². The fourth-order valence-electron chi connectivity index (χ4n) is 2.87. The number of guanidine groups is 1. The Balaban J connectivity index is 0.00000288. The van der Waals surface area contributed by atoms with Gasteiger partial charge in [-0.15, -0.1) is 24.0 Å². The number of nitrogens with one attached hydrogen (secondary N) is 2. The lowest BCUT2D eigenvalue weighted by Crippen LogP contribution is -2.38. The first-order chi connectivity index (χ1) is 11.3. The van der Waals surface area contributed by atoms with Crippen molar-refractivity contribution in [3.8, 4) is 0 Å². The first kappa shape index (κ1) is 21.2. The third kappa shape index (κ3) is 8.28. The van der Waals surface area contributed by atoms with Gasteiger partial charge in [0.1, 0.15) is 5.82 Å². The number of aliphatic imine (C=N–C) groups is 1. The fraction of sp³-hybridized carbons (Fsp3) is 0.611. The molecule has 0 spiro atoms. The summed E-state index contributed by atoms with van der Waals surface area (Å²) in [5.41, 5.74) is 1.12. The summed E-state index contributed by atoms with van der Waals surface area (Å²) in [6.45, 7) is 5.52. The molecule has 1 fully saturated rings. The van der Waals surface area contributed by atoms with Crippen LogP contribution in [0.4, 0.5) is 4.39 Å². The van der Waals surface area contributed by atoms with E-state index in [1.54, 1.807) is 7.05 Å². The summed E-state index contributed by atoms with van der Waals surface area (Å²) < 4.78 is 12.8. The molecular weight excluding hydrogens is 418 g/mol. The van der Waals surface area contributed by atoms with E-state index in [1.807, 2.05) is 12.1 Å². The second-order valence-corrected chi connectivity index (χ2v) is 6.06. The molecule has 0 saturated carbocycles. The second kappa shape index (κ2) is 12.5. The lowest BCUT2D eigenvalue weighted by molar-refractivity contribution is 0.330. The van der Waals surface area contributed by atoms with Crippen LogP contribution in [0.25, 0.3) is 0 Å². The summed E-state index contributed by atoms with van der Waals surface area (Å²) in [5.74, 6) is 0.654. The van der Waals surface area contributed by atoms with Crippen LogP contribution in [0, 0.1) is 5.82 Å². The van der Waals surface area contributed by atoms with Gasteiger partial charge in [0, 0.05) is 20.1 Å². The van der Waals surface area contributed by atoms with Gasteiger partial charge < -0.3 is 15.5 Å². The molecule has 0 aliphatic carbocycles. The van der Waals surface area contributed by atoms with Crippen molar-refractivity contribution in [1.29, 1.82) is 0 Å². The Morgan fingerprint density at radius 1 is 1.08 bits per heavy atom. The van der Waals surface area contributed by atoms with Crippen LogP contribution in [0.2, 0.25) is 0 Å². The summed E-state index contributed by atoms with van der Waals surface area (Å²) in [6, 6.07) is 6.66. The molecule has 1 aliphatic rings. The molecule has 0 unspecified atom stereocenters. The summed E-state index contributed by atoms with van der Waals surface area (Å²) in [7, 11) is 1.79. The monoisotopic (exact) mass is 448 g/mol. The van der Waals surface area contributed by atoms with Gasteiger partial charge in [-0.25, -0.2) is 4.39 Å². The smallest absolute Gasteiger partial charge is 0.190 e. The van der Waals surface area contributed by atoms with E-state index < -0.39 is 0 Å². The van der Waals surface area contributed by atoms with E-state index in [0.29, 0.717) is 0 Å². The van der Waals surface area contributed by atoms with Gasteiger partial charge in [0.15, 0.2) is 5.96 Å².